The number of pyridine rings is 1. The lowest BCUT2D eigenvalue weighted by Gasteiger charge is -2.27. The summed E-state index contributed by atoms with van der Waals surface area (Å²) in [5.74, 6) is 0.734. The summed E-state index contributed by atoms with van der Waals surface area (Å²) >= 11 is 0. The number of urea groups is 1. The molecule has 2 aromatic rings. The van der Waals surface area contributed by atoms with E-state index >= 15 is 0 Å². The lowest BCUT2D eigenvalue weighted by atomic mass is 10.1. The topological polar surface area (TPSA) is 51.7 Å². The average molecular weight is 414 g/mol. The number of piperidine rings is 1. The van der Waals surface area contributed by atoms with Gasteiger partial charge in [0, 0.05) is 45.5 Å². The number of nitrogens with one attached hydrogen (secondary N) is 1. The van der Waals surface area contributed by atoms with Crippen LogP contribution in [0.4, 0.5) is 15.0 Å². The molecule has 0 radical (unpaired) electrons. The maximum absolute atomic E-state index is 13.2. The molecular formula is C23H32FN5O. The Balaban J connectivity index is 1.56. The zero-order valence-corrected chi connectivity index (χ0v) is 18.0. The molecule has 0 spiro atoms. The number of nitrogens with zero attached hydrogens (tertiary/aromatic N) is 4. The number of hydrogen-bond acceptors (Lipinski definition) is 4. The highest BCUT2D eigenvalue weighted by Gasteiger charge is 2.15. The maximum atomic E-state index is 13.2. The van der Waals surface area contributed by atoms with E-state index in [1.165, 1.54) is 31.4 Å². The van der Waals surface area contributed by atoms with E-state index in [1.54, 1.807) is 17.0 Å². The molecule has 6 nitrogen and oxygen atoms in total. The molecule has 1 fully saturated rings. The molecule has 0 saturated carbocycles. The molecule has 1 aromatic heterocycles. The summed E-state index contributed by atoms with van der Waals surface area (Å²) in [5, 5.41) is 2.99. The van der Waals surface area contributed by atoms with Crippen LogP contribution < -0.4 is 10.2 Å². The van der Waals surface area contributed by atoms with E-state index in [9.17, 15) is 9.18 Å². The number of aromatic nitrogens is 1. The van der Waals surface area contributed by atoms with Crippen LogP contribution in [0.25, 0.3) is 0 Å². The molecule has 0 aliphatic carbocycles. The first-order valence-electron chi connectivity index (χ1n) is 10.6. The van der Waals surface area contributed by atoms with Gasteiger partial charge in [-0.15, -0.1) is 0 Å². The fourth-order valence-corrected chi connectivity index (χ4v) is 3.50. The van der Waals surface area contributed by atoms with E-state index in [-0.39, 0.29) is 11.8 Å². The molecule has 1 N–H and O–H groups in total. The minimum Gasteiger partial charge on any atom is -0.357 e. The van der Waals surface area contributed by atoms with Crippen LogP contribution in [0.2, 0.25) is 0 Å². The number of rotatable bonds is 8. The normalized spacial score (nSPS) is 14.1. The number of anilines is 1. The van der Waals surface area contributed by atoms with Crippen molar-refractivity contribution in [2.45, 2.75) is 32.4 Å². The van der Waals surface area contributed by atoms with Gasteiger partial charge in [-0.2, -0.15) is 0 Å². The Morgan fingerprint density at radius 3 is 2.37 bits per heavy atom. The SMILES string of the molecule is CN(C)CCN(Cc1ccc(F)cc1)C(=O)NCc1ccc(N2CCCCC2)nc1. The molecule has 0 unspecified atom stereocenters. The van der Waals surface area contributed by atoms with E-state index in [4.69, 9.17) is 0 Å². The Hall–Kier alpha value is -2.67. The predicted octanol–water partition coefficient (Wildman–Crippen LogP) is 3.48. The highest BCUT2D eigenvalue weighted by atomic mass is 19.1. The van der Waals surface area contributed by atoms with Gasteiger partial charge in [0.2, 0.25) is 0 Å². The summed E-state index contributed by atoms with van der Waals surface area (Å²) in [7, 11) is 3.95. The van der Waals surface area contributed by atoms with Crippen LogP contribution >= 0.6 is 0 Å². The van der Waals surface area contributed by atoms with Crippen LogP contribution in [0.1, 0.15) is 30.4 Å². The number of hydrogen-bond donors (Lipinski definition) is 1. The van der Waals surface area contributed by atoms with Crippen LogP contribution in [0, 0.1) is 5.82 Å². The van der Waals surface area contributed by atoms with Crippen molar-refractivity contribution >= 4 is 11.8 Å². The quantitative estimate of drug-likeness (QED) is 0.720. The number of carbonyl (C=O) groups is 1. The van der Waals surface area contributed by atoms with Crippen LogP contribution in [-0.4, -0.2) is 61.1 Å². The maximum Gasteiger partial charge on any atom is 0.318 e. The van der Waals surface area contributed by atoms with Crippen molar-refractivity contribution in [3.8, 4) is 0 Å². The lowest BCUT2D eigenvalue weighted by Crippen LogP contribution is -2.42. The molecule has 1 aliphatic heterocycles. The summed E-state index contributed by atoms with van der Waals surface area (Å²) < 4.78 is 13.2. The van der Waals surface area contributed by atoms with Gasteiger partial charge in [-0.1, -0.05) is 18.2 Å². The van der Waals surface area contributed by atoms with Crippen molar-refractivity contribution in [1.82, 2.24) is 20.1 Å². The zero-order valence-electron chi connectivity index (χ0n) is 18.0. The first-order chi connectivity index (χ1) is 14.5. The molecule has 1 saturated heterocycles. The second-order valence-electron chi connectivity index (χ2n) is 8.08. The van der Waals surface area contributed by atoms with Crippen molar-refractivity contribution in [1.29, 1.82) is 0 Å². The van der Waals surface area contributed by atoms with Gasteiger partial charge in [0.05, 0.1) is 0 Å². The minimum atomic E-state index is -0.274. The number of benzene rings is 1. The van der Waals surface area contributed by atoms with E-state index < -0.39 is 0 Å². The lowest BCUT2D eigenvalue weighted by molar-refractivity contribution is 0.188. The summed E-state index contributed by atoms with van der Waals surface area (Å²) in [6, 6.07) is 10.2. The second-order valence-corrected chi connectivity index (χ2v) is 8.08. The number of likely N-dealkylation sites (N-methyl/N-ethyl adjacent to an activating group) is 1. The number of halogens is 1. The minimum absolute atomic E-state index is 0.138. The molecule has 0 atom stereocenters. The predicted molar refractivity (Wildman–Crippen MR) is 118 cm³/mol. The van der Waals surface area contributed by atoms with Gasteiger partial charge in [0.25, 0.3) is 0 Å². The van der Waals surface area contributed by atoms with E-state index in [2.05, 4.69) is 15.2 Å². The number of carbonyl (C=O) groups excluding carboxylic acids is 1. The monoisotopic (exact) mass is 413 g/mol. The summed E-state index contributed by atoms with van der Waals surface area (Å²) in [5.41, 5.74) is 1.87. The molecule has 3 rings (SSSR count). The highest BCUT2D eigenvalue weighted by molar-refractivity contribution is 5.74. The molecule has 2 amide bonds. The molecule has 1 aromatic carbocycles. The highest BCUT2D eigenvalue weighted by Crippen LogP contribution is 2.17. The van der Waals surface area contributed by atoms with E-state index in [1.807, 2.05) is 37.3 Å². The van der Waals surface area contributed by atoms with Crippen molar-refractivity contribution in [2.24, 2.45) is 0 Å². The third-order valence-corrected chi connectivity index (χ3v) is 5.32. The average Bonchev–Trinajstić information content (AvgIpc) is 2.77. The van der Waals surface area contributed by atoms with Gasteiger partial charge in [0.1, 0.15) is 11.6 Å². The summed E-state index contributed by atoms with van der Waals surface area (Å²) in [6.45, 7) is 4.32. The van der Waals surface area contributed by atoms with Crippen molar-refractivity contribution < 1.29 is 9.18 Å². The Morgan fingerprint density at radius 2 is 1.73 bits per heavy atom. The van der Waals surface area contributed by atoms with Gasteiger partial charge in [-0.3, -0.25) is 0 Å². The number of amides is 2. The van der Waals surface area contributed by atoms with Crippen molar-refractivity contribution in [3.05, 3.63) is 59.5 Å². The third kappa shape index (κ3) is 6.69. The van der Waals surface area contributed by atoms with Crippen LogP contribution in [0.3, 0.4) is 0 Å². The second kappa shape index (κ2) is 10.9. The molecule has 162 valence electrons. The van der Waals surface area contributed by atoms with Crippen LogP contribution in [-0.2, 0) is 13.1 Å². The van der Waals surface area contributed by atoms with Gasteiger partial charge < -0.3 is 20.0 Å². The summed E-state index contributed by atoms with van der Waals surface area (Å²) in [4.78, 5) is 23.5. The largest absolute Gasteiger partial charge is 0.357 e. The third-order valence-electron chi connectivity index (χ3n) is 5.32. The first kappa shape index (κ1) is 22.0. The molecule has 1 aliphatic rings. The van der Waals surface area contributed by atoms with Crippen LogP contribution in [0.15, 0.2) is 42.6 Å². The van der Waals surface area contributed by atoms with Gasteiger partial charge >= 0.3 is 6.03 Å². The Bertz CT molecular complexity index is 788. The Labute approximate surface area is 178 Å². The van der Waals surface area contributed by atoms with Gasteiger partial charge in [0.15, 0.2) is 0 Å². The van der Waals surface area contributed by atoms with Gasteiger partial charge in [-0.05, 0) is 62.7 Å². The van der Waals surface area contributed by atoms with Crippen LogP contribution in [0.5, 0.6) is 0 Å². The smallest absolute Gasteiger partial charge is 0.318 e. The van der Waals surface area contributed by atoms with E-state index in [0.717, 1.165) is 36.6 Å². The van der Waals surface area contributed by atoms with Crippen molar-refractivity contribution in [3.63, 3.8) is 0 Å². The Kier molecular flexibility index (Phi) is 8.02. The zero-order chi connectivity index (χ0) is 21.3. The molecule has 0 bridgehead atoms. The van der Waals surface area contributed by atoms with Crippen molar-refractivity contribution in [2.75, 3.05) is 45.2 Å². The van der Waals surface area contributed by atoms with E-state index in [0.29, 0.717) is 19.6 Å². The fraction of sp³-hybridized carbons (Fsp3) is 0.478. The fourth-order valence-electron chi connectivity index (χ4n) is 3.50. The first-order valence-corrected chi connectivity index (χ1v) is 10.6. The van der Waals surface area contributed by atoms with Gasteiger partial charge in [-0.25, -0.2) is 14.2 Å². The molecule has 2 heterocycles. The Morgan fingerprint density at radius 1 is 1.03 bits per heavy atom. The molecule has 7 heteroatoms. The summed E-state index contributed by atoms with van der Waals surface area (Å²) in [6.07, 6.45) is 5.57. The molecule has 30 heavy (non-hydrogen) atoms. The standard InChI is InChI=1S/C23H32FN5O/c1-27(2)14-15-29(18-19-6-9-21(24)10-7-19)23(30)26-17-20-8-11-22(25-16-20)28-12-4-3-5-13-28/h6-11,16H,3-5,12-15,17-18H2,1-2H3,(H,26,30). The molecular weight excluding hydrogens is 381 g/mol.